The van der Waals surface area contributed by atoms with Crippen LogP contribution in [-0.4, -0.2) is 16.5 Å². The summed E-state index contributed by atoms with van der Waals surface area (Å²) in [7, 11) is 0. The first-order valence-electron chi connectivity index (χ1n) is 4.37. The maximum Gasteiger partial charge on any atom is 0.127 e. The lowest BCUT2D eigenvalue weighted by Crippen LogP contribution is -2.12. The molecule has 0 aliphatic rings. The Labute approximate surface area is 73.2 Å². The van der Waals surface area contributed by atoms with Crippen LogP contribution in [0.25, 0.3) is 0 Å². The van der Waals surface area contributed by atoms with Crippen LogP contribution in [0, 0.1) is 0 Å². The largest absolute Gasteiger partial charge is 0.313 e. The van der Waals surface area contributed by atoms with Gasteiger partial charge in [0, 0.05) is 30.9 Å². The Balaban J connectivity index is 2.53. The minimum absolute atomic E-state index is 0.862. The first-order chi connectivity index (χ1) is 5.86. The molecule has 1 heterocycles. The number of nitrogens with zero attached hydrogens (tertiary/aromatic N) is 2. The molecule has 3 heteroatoms. The van der Waals surface area contributed by atoms with Crippen molar-refractivity contribution in [2.45, 2.75) is 26.8 Å². The van der Waals surface area contributed by atoms with Crippen molar-refractivity contribution in [1.29, 1.82) is 0 Å². The van der Waals surface area contributed by atoms with Gasteiger partial charge in [-0.15, -0.1) is 0 Å². The molecule has 3 nitrogen and oxygen atoms in total. The van der Waals surface area contributed by atoms with Gasteiger partial charge in [-0.2, -0.15) is 0 Å². The highest BCUT2D eigenvalue weighted by Crippen LogP contribution is 1.95. The van der Waals surface area contributed by atoms with Crippen LogP contribution in [0.1, 0.15) is 25.2 Å². The van der Waals surface area contributed by atoms with Crippen LogP contribution in [0.15, 0.2) is 12.4 Å². The van der Waals surface area contributed by atoms with Gasteiger partial charge < -0.3 is 5.32 Å². The van der Waals surface area contributed by atoms with Gasteiger partial charge in [0.25, 0.3) is 0 Å². The highest BCUT2D eigenvalue weighted by Gasteiger charge is 1.93. The molecule has 0 aliphatic carbocycles. The molecule has 0 saturated heterocycles. The lowest BCUT2D eigenvalue weighted by molar-refractivity contribution is 0.718. The summed E-state index contributed by atoms with van der Waals surface area (Å²) in [5.74, 6) is 0.912. The Morgan fingerprint density at radius 3 is 2.42 bits per heavy atom. The highest BCUT2D eigenvalue weighted by molar-refractivity contribution is 5.04. The molecule has 1 rings (SSSR count). The monoisotopic (exact) mass is 165 g/mol. The Bertz CT molecular complexity index is 218. The molecule has 1 aromatic heterocycles. The number of aryl methyl sites for hydroxylation is 1. The van der Waals surface area contributed by atoms with Crippen LogP contribution < -0.4 is 5.32 Å². The molecule has 1 N–H and O–H groups in total. The molecule has 0 spiro atoms. The van der Waals surface area contributed by atoms with Crippen molar-refractivity contribution < 1.29 is 0 Å². The van der Waals surface area contributed by atoms with Gasteiger partial charge in [-0.3, -0.25) is 0 Å². The molecule has 0 aromatic carbocycles. The maximum absolute atomic E-state index is 4.20. The van der Waals surface area contributed by atoms with E-state index in [9.17, 15) is 0 Å². The molecule has 0 saturated carbocycles. The summed E-state index contributed by atoms with van der Waals surface area (Å²) in [6.45, 7) is 5.98. The van der Waals surface area contributed by atoms with Crippen molar-refractivity contribution in [1.82, 2.24) is 15.3 Å². The van der Waals surface area contributed by atoms with Crippen molar-refractivity contribution in [3.8, 4) is 0 Å². The van der Waals surface area contributed by atoms with Gasteiger partial charge in [0.05, 0.1) is 0 Å². The average molecular weight is 165 g/mol. The van der Waals surface area contributed by atoms with Crippen molar-refractivity contribution in [2.24, 2.45) is 0 Å². The molecule has 0 unspecified atom stereocenters. The second-order valence-electron chi connectivity index (χ2n) is 2.64. The van der Waals surface area contributed by atoms with E-state index in [1.807, 2.05) is 12.4 Å². The second kappa shape index (κ2) is 4.83. The molecule has 0 radical (unpaired) electrons. The molecule has 1 aromatic rings. The van der Waals surface area contributed by atoms with Crippen LogP contribution in [0.2, 0.25) is 0 Å². The topological polar surface area (TPSA) is 37.8 Å². The number of hydrogen-bond donors (Lipinski definition) is 1. The molecule has 0 aliphatic heterocycles. The number of hydrogen-bond acceptors (Lipinski definition) is 3. The van der Waals surface area contributed by atoms with Crippen LogP contribution in [-0.2, 0) is 13.0 Å². The summed E-state index contributed by atoms with van der Waals surface area (Å²) >= 11 is 0. The van der Waals surface area contributed by atoms with E-state index in [0.29, 0.717) is 0 Å². The lowest BCUT2D eigenvalue weighted by atomic mass is 10.3. The zero-order valence-electron chi connectivity index (χ0n) is 7.67. The third-order valence-corrected chi connectivity index (χ3v) is 1.65. The van der Waals surface area contributed by atoms with Gasteiger partial charge in [-0.1, -0.05) is 13.8 Å². The maximum atomic E-state index is 4.20. The van der Waals surface area contributed by atoms with Gasteiger partial charge in [-0.05, 0) is 6.54 Å². The minimum Gasteiger partial charge on any atom is -0.313 e. The first-order valence-corrected chi connectivity index (χ1v) is 4.37. The number of nitrogens with one attached hydrogen (secondary N) is 1. The summed E-state index contributed by atoms with van der Waals surface area (Å²) in [4.78, 5) is 8.40. The number of rotatable bonds is 4. The quantitative estimate of drug-likeness (QED) is 0.727. The van der Waals surface area contributed by atoms with Crippen LogP contribution >= 0.6 is 0 Å². The van der Waals surface area contributed by atoms with Crippen molar-refractivity contribution in [3.05, 3.63) is 23.8 Å². The predicted octanol–water partition coefficient (Wildman–Crippen LogP) is 1.15. The molecule has 0 fully saturated rings. The first kappa shape index (κ1) is 9.13. The Hall–Kier alpha value is -0.960. The molecule has 12 heavy (non-hydrogen) atoms. The van der Waals surface area contributed by atoms with Crippen molar-refractivity contribution in [2.75, 3.05) is 6.54 Å². The lowest BCUT2D eigenvalue weighted by Gasteiger charge is -2.01. The SMILES string of the molecule is CCNCc1cnc(CC)nc1. The van der Waals surface area contributed by atoms with Gasteiger partial charge in [0.2, 0.25) is 0 Å². The Kier molecular flexibility index (Phi) is 3.67. The van der Waals surface area contributed by atoms with E-state index < -0.39 is 0 Å². The summed E-state index contributed by atoms with van der Waals surface area (Å²) in [5.41, 5.74) is 1.15. The summed E-state index contributed by atoms with van der Waals surface area (Å²) < 4.78 is 0. The van der Waals surface area contributed by atoms with Gasteiger partial charge in [0.15, 0.2) is 0 Å². The van der Waals surface area contributed by atoms with E-state index in [2.05, 4.69) is 29.1 Å². The van der Waals surface area contributed by atoms with E-state index in [4.69, 9.17) is 0 Å². The van der Waals surface area contributed by atoms with Crippen LogP contribution in [0.4, 0.5) is 0 Å². The molecule has 66 valence electrons. The van der Waals surface area contributed by atoms with Crippen molar-refractivity contribution in [3.63, 3.8) is 0 Å². The van der Waals surface area contributed by atoms with Gasteiger partial charge in [-0.25, -0.2) is 9.97 Å². The van der Waals surface area contributed by atoms with Gasteiger partial charge >= 0.3 is 0 Å². The van der Waals surface area contributed by atoms with Crippen LogP contribution in [0.3, 0.4) is 0 Å². The van der Waals surface area contributed by atoms with Crippen molar-refractivity contribution >= 4 is 0 Å². The summed E-state index contributed by atoms with van der Waals surface area (Å²) in [5, 5.41) is 3.22. The molecular weight excluding hydrogens is 150 g/mol. The fourth-order valence-electron chi connectivity index (χ4n) is 0.925. The summed E-state index contributed by atoms with van der Waals surface area (Å²) in [6.07, 6.45) is 4.67. The molecule has 0 bridgehead atoms. The van der Waals surface area contributed by atoms with Crippen LogP contribution in [0.5, 0.6) is 0 Å². The Morgan fingerprint density at radius 1 is 1.25 bits per heavy atom. The normalized spacial score (nSPS) is 10.2. The second-order valence-corrected chi connectivity index (χ2v) is 2.64. The average Bonchev–Trinajstić information content (AvgIpc) is 2.15. The summed E-state index contributed by atoms with van der Waals surface area (Å²) in [6, 6.07) is 0. The fourth-order valence-corrected chi connectivity index (χ4v) is 0.925. The highest BCUT2D eigenvalue weighted by atomic mass is 14.9. The van der Waals surface area contributed by atoms with E-state index in [-0.39, 0.29) is 0 Å². The third kappa shape index (κ3) is 2.58. The standard InChI is InChI=1S/C9H15N3/c1-3-9-11-6-8(7-12-9)5-10-4-2/h6-7,10H,3-5H2,1-2H3. The molecule has 0 amide bonds. The van der Waals surface area contributed by atoms with E-state index in [1.165, 1.54) is 0 Å². The predicted molar refractivity (Wildman–Crippen MR) is 48.8 cm³/mol. The fraction of sp³-hybridized carbons (Fsp3) is 0.556. The smallest absolute Gasteiger partial charge is 0.127 e. The molecule has 0 atom stereocenters. The zero-order valence-corrected chi connectivity index (χ0v) is 7.67. The third-order valence-electron chi connectivity index (χ3n) is 1.65. The van der Waals surface area contributed by atoms with E-state index in [1.54, 1.807) is 0 Å². The van der Waals surface area contributed by atoms with E-state index >= 15 is 0 Å². The minimum atomic E-state index is 0.862. The molecular formula is C9H15N3. The number of aromatic nitrogens is 2. The van der Waals surface area contributed by atoms with E-state index in [0.717, 1.165) is 30.9 Å². The zero-order chi connectivity index (χ0) is 8.81. The Morgan fingerprint density at radius 2 is 1.92 bits per heavy atom. The van der Waals surface area contributed by atoms with Gasteiger partial charge in [0.1, 0.15) is 5.82 Å².